The van der Waals surface area contributed by atoms with Gasteiger partial charge in [-0.15, -0.1) is 0 Å². The lowest BCUT2D eigenvalue weighted by Gasteiger charge is -2.17. The van der Waals surface area contributed by atoms with Crippen molar-refractivity contribution in [2.45, 2.75) is 53.1 Å². The molecule has 3 nitrogen and oxygen atoms in total. The van der Waals surface area contributed by atoms with Crippen LogP contribution in [0, 0.1) is 11.8 Å². The maximum absolute atomic E-state index is 11.5. The zero-order valence-corrected chi connectivity index (χ0v) is 10.3. The molecule has 0 aliphatic rings. The third kappa shape index (κ3) is 6.50. The molecule has 3 heteroatoms. The van der Waals surface area contributed by atoms with Crippen molar-refractivity contribution in [3.63, 3.8) is 0 Å². The van der Waals surface area contributed by atoms with Gasteiger partial charge in [-0.3, -0.25) is 4.79 Å². The first-order valence-corrected chi connectivity index (χ1v) is 5.83. The predicted octanol–water partition coefficient (Wildman–Crippen LogP) is 2.37. The Hall–Kier alpha value is -0.570. The Labute approximate surface area is 92.8 Å². The number of esters is 1. The fraction of sp³-hybridized carbons (Fsp3) is 0.917. The maximum atomic E-state index is 11.5. The Morgan fingerprint density at radius 2 is 1.87 bits per heavy atom. The minimum Gasteiger partial charge on any atom is -0.465 e. The summed E-state index contributed by atoms with van der Waals surface area (Å²) in [7, 11) is 0. The second-order valence-corrected chi connectivity index (χ2v) is 4.49. The van der Waals surface area contributed by atoms with Crippen LogP contribution in [0.3, 0.4) is 0 Å². The van der Waals surface area contributed by atoms with Crippen molar-refractivity contribution in [3.8, 4) is 0 Å². The van der Waals surface area contributed by atoms with E-state index in [1.807, 2.05) is 6.92 Å². The lowest BCUT2D eigenvalue weighted by atomic mass is 10.0. The summed E-state index contributed by atoms with van der Waals surface area (Å²) >= 11 is 0. The van der Waals surface area contributed by atoms with Gasteiger partial charge in [0.1, 0.15) is 0 Å². The highest BCUT2D eigenvalue weighted by Gasteiger charge is 2.22. The average Bonchev–Trinajstić information content (AvgIpc) is 2.16. The molecule has 0 aromatic rings. The molecule has 0 rings (SSSR count). The highest BCUT2D eigenvalue weighted by Crippen LogP contribution is 2.11. The van der Waals surface area contributed by atoms with Crippen LogP contribution in [-0.2, 0) is 9.53 Å². The molecule has 0 bridgehead atoms. The van der Waals surface area contributed by atoms with E-state index in [-0.39, 0.29) is 5.97 Å². The molecule has 0 radical (unpaired) electrons. The third-order valence-electron chi connectivity index (χ3n) is 2.47. The van der Waals surface area contributed by atoms with Gasteiger partial charge >= 0.3 is 5.97 Å². The number of carbonyl (C=O) groups excluding carboxylic acids is 1. The van der Waals surface area contributed by atoms with E-state index < -0.39 is 12.0 Å². The van der Waals surface area contributed by atoms with Crippen molar-refractivity contribution in [3.05, 3.63) is 0 Å². The minimum absolute atomic E-state index is 0.281. The van der Waals surface area contributed by atoms with E-state index in [1.54, 1.807) is 6.92 Å². The lowest BCUT2D eigenvalue weighted by Crippen LogP contribution is -2.27. The molecule has 0 saturated carbocycles. The first-order valence-electron chi connectivity index (χ1n) is 5.83. The quantitative estimate of drug-likeness (QED) is 0.665. The Balaban J connectivity index is 3.78. The normalized spacial score (nSPS) is 15.1. The summed E-state index contributed by atoms with van der Waals surface area (Å²) in [6.07, 6.45) is 1.84. The number of aliphatic hydroxyl groups is 1. The first-order chi connectivity index (χ1) is 6.99. The summed E-state index contributed by atoms with van der Waals surface area (Å²) < 4.78 is 5.08. The molecular formula is C12H24O3. The summed E-state index contributed by atoms with van der Waals surface area (Å²) in [4.78, 5) is 11.5. The molecule has 2 unspecified atom stereocenters. The van der Waals surface area contributed by atoms with Crippen LogP contribution in [0.4, 0.5) is 0 Å². The van der Waals surface area contributed by atoms with Crippen molar-refractivity contribution < 1.29 is 14.6 Å². The van der Waals surface area contributed by atoms with Gasteiger partial charge in [-0.25, -0.2) is 0 Å². The van der Waals surface area contributed by atoms with E-state index in [4.69, 9.17) is 4.74 Å². The molecule has 0 aliphatic carbocycles. The largest absolute Gasteiger partial charge is 0.465 e. The van der Waals surface area contributed by atoms with Crippen LogP contribution in [0.15, 0.2) is 0 Å². The summed E-state index contributed by atoms with van der Waals surface area (Å²) in [6.45, 7) is 8.34. The Kier molecular flexibility index (Phi) is 7.39. The van der Waals surface area contributed by atoms with Gasteiger partial charge in [-0.2, -0.15) is 0 Å². The molecule has 90 valence electrons. The van der Waals surface area contributed by atoms with E-state index in [0.717, 1.165) is 12.8 Å². The van der Waals surface area contributed by atoms with Crippen molar-refractivity contribution >= 4 is 5.97 Å². The number of aliphatic hydroxyl groups excluding tert-OH is 1. The number of hydrogen-bond donors (Lipinski definition) is 1. The maximum Gasteiger partial charge on any atom is 0.311 e. The average molecular weight is 216 g/mol. The second kappa shape index (κ2) is 7.69. The van der Waals surface area contributed by atoms with E-state index in [9.17, 15) is 9.90 Å². The minimum atomic E-state index is -0.568. The molecule has 0 spiro atoms. The second-order valence-electron chi connectivity index (χ2n) is 4.49. The fourth-order valence-electron chi connectivity index (χ4n) is 1.23. The van der Waals surface area contributed by atoms with Gasteiger partial charge in [-0.05, 0) is 25.7 Å². The van der Waals surface area contributed by atoms with Gasteiger partial charge in [-0.1, -0.05) is 27.2 Å². The van der Waals surface area contributed by atoms with Gasteiger partial charge in [0.2, 0.25) is 0 Å². The van der Waals surface area contributed by atoms with Crippen LogP contribution in [0.1, 0.15) is 47.0 Å². The van der Waals surface area contributed by atoms with Crippen LogP contribution >= 0.6 is 0 Å². The molecule has 0 aromatic heterocycles. The van der Waals surface area contributed by atoms with Gasteiger partial charge in [0, 0.05) is 0 Å². The summed E-state index contributed by atoms with van der Waals surface area (Å²) in [5.74, 6) is -0.151. The Morgan fingerprint density at radius 3 is 2.33 bits per heavy atom. The Morgan fingerprint density at radius 1 is 1.27 bits per heavy atom. The zero-order chi connectivity index (χ0) is 11.8. The third-order valence-corrected chi connectivity index (χ3v) is 2.47. The van der Waals surface area contributed by atoms with E-state index in [2.05, 4.69) is 13.8 Å². The van der Waals surface area contributed by atoms with Crippen LogP contribution in [-0.4, -0.2) is 23.8 Å². The molecule has 0 amide bonds. The summed E-state index contributed by atoms with van der Waals surface area (Å²) in [6, 6.07) is 0. The fourth-order valence-corrected chi connectivity index (χ4v) is 1.23. The molecular weight excluding hydrogens is 192 g/mol. The van der Waals surface area contributed by atoms with Crippen LogP contribution in [0.25, 0.3) is 0 Å². The summed E-state index contributed by atoms with van der Waals surface area (Å²) in [5, 5.41) is 9.60. The predicted molar refractivity (Wildman–Crippen MR) is 60.5 cm³/mol. The lowest BCUT2D eigenvalue weighted by molar-refractivity contribution is -0.152. The molecule has 2 atom stereocenters. The van der Waals surface area contributed by atoms with E-state index >= 15 is 0 Å². The Bertz CT molecular complexity index is 178. The monoisotopic (exact) mass is 216 g/mol. The highest BCUT2D eigenvalue weighted by atomic mass is 16.5. The molecule has 0 heterocycles. The van der Waals surface area contributed by atoms with Gasteiger partial charge in [0.15, 0.2) is 0 Å². The standard InChI is InChI=1S/C12H24O3/c1-5-6-11(13)10(4)12(14)15-8-7-9(2)3/h9-11,13H,5-8H2,1-4H3. The van der Waals surface area contributed by atoms with E-state index in [0.29, 0.717) is 18.9 Å². The number of carbonyl (C=O) groups is 1. The van der Waals surface area contributed by atoms with Gasteiger partial charge < -0.3 is 9.84 Å². The SMILES string of the molecule is CCCC(O)C(C)C(=O)OCCC(C)C. The molecule has 0 aromatic carbocycles. The van der Waals surface area contributed by atoms with Gasteiger partial charge in [0.05, 0.1) is 18.6 Å². The molecule has 15 heavy (non-hydrogen) atoms. The first kappa shape index (κ1) is 14.4. The van der Waals surface area contributed by atoms with Crippen LogP contribution in [0.5, 0.6) is 0 Å². The topological polar surface area (TPSA) is 46.5 Å². The van der Waals surface area contributed by atoms with Crippen molar-refractivity contribution in [2.24, 2.45) is 11.8 Å². The highest BCUT2D eigenvalue weighted by molar-refractivity contribution is 5.72. The number of hydrogen-bond acceptors (Lipinski definition) is 3. The zero-order valence-electron chi connectivity index (χ0n) is 10.3. The summed E-state index contributed by atoms with van der Waals surface area (Å²) in [5.41, 5.74) is 0. The van der Waals surface area contributed by atoms with Crippen molar-refractivity contribution in [1.29, 1.82) is 0 Å². The molecule has 1 N–H and O–H groups in total. The van der Waals surface area contributed by atoms with Crippen LogP contribution < -0.4 is 0 Å². The number of rotatable bonds is 7. The van der Waals surface area contributed by atoms with Gasteiger partial charge in [0.25, 0.3) is 0 Å². The van der Waals surface area contributed by atoms with E-state index in [1.165, 1.54) is 0 Å². The number of ether oxygens (including phenoxy) is 1. The van der Waals surface area contributed by atoms with Crippen molar-refractivity contribution in [2.75, 3.05) is 6.61 Å². The molecule has 0 aliphatic heterocycles. The molecule has 0 saturated heterocycles. The van der Waals surface area contributed by atoms with Crippen LogP contribution in [0.2, 0.25) is 0 Å². The molecule has 0 fully saturated rings. The van der Waals surface area contributed by atoms with Crippen molar-refractivity contribution in [1.82, 2.24) is 0 Å². The smallest absolute Gasteiger partial charge is 0.311 e.